The largest absolute Gasteiger partial charge is 4.00 e. The third-order valence-electron chi connectivity index (χ3n) is 0.667. The van der Waals surface area contributed by atoms with Gasteiger partial charge in [0.1, 0.15) is 0 Å². The van der Waals surface area contributed by atoms with E-state index in [2.05, 4.69) is 26.3 Å². The molecule has 115 valence electrons. The van der Waals surface area contributed by atoms with Gasteiger partial charge in [-0.3, -0.25) is 0 Å². The molecule has 0 bridgehead atoms. The van der Waals surface area contributed by atoms with Gasteiger partial charge in [-0.15, -0.1) is 0 Å². The Morgan fingerprint density at radius 2 is 0.571 bits per heavy atom. The molecule has 0 rings (SSSR count). The standard InChI is InChI=1S/4C3H4O2.Re/c4*1-2-3(4)5;/h4*2H,1H2,(H,4,5);/q;;;;+4/p-4. The molecule has 0 unspecified atom stereocenters. The summed E-state index contributed by atoms with van der Waals surface area (Å²) in [5.74, 6) is -4.93. The van der Waals surface area contributed by atoms with Crippen LogP contribution in [0.3, 0.4) is 0 Å². The number of aliphatic carboxylic acids is 4. The van der Waals surface area contributed by atoms with Gasteiger partial charge in [-0.05, 0) is 24.3 Å². The van der Waals surface area contributed by atoms with E-state index in [1.807, 2.05) is 0 Å². The molecule has 21 heavy (non-hydrogen) atoms. The molecule has 0 N–H and O–H groups in total. The molecule has 0 atom stereocenters. The van der Waals surface area contributed by atoms with Crippen LogP contribution in [0, 0.1) is 0 Å². The van der Waals surface area contributed by atoms with Crippen molar-refractivity contribution in [2.24, 2.45) is 0 Å². The Labute approximate surface area is 135 Å². The van der Waals surface area contributed by atoms with Crippen LogP contribution < -0.4 is 20.4 Å². The Morgan fingerprint density at radius 1 is 0.524 bits per heavy atom. The van der Waals surface area contributed by atoms with Crippen LogP contribution in [0.25, 0.3) is 0 Å². The predicted molar refractivity (Wildman–Crippen MR) is 60.8 cm³/mol. The minimum absolute atomic E-state index is 0. The van der Waals surface area contributed by atoms with Crippen molar-refractivity contribution in [1.29, 1.82) is 0 Å². The van der Waals surface area contributed by atoms with E-state index in [-0.39, 0.29) is 20.4 Å². The Hall–Kier alpha value is -2.50. The number of carboxylic acid groups (broad SMARTS) is 4. The van der Waals surface area contributed by atoms with Gasteiger partial charge in [0.25, 0.3) is 0 Å². The van der Waals surface area contributed by atoms with Crippen molar-refractivity contribution in [3.05, 3.63) is 50.6 Å². The molecule has 0 amide bonds. The van der Waals surface area contributed by atoms with E-state index in [1.165, 1.54) is 0 Å². The van der Waals surface area contributed by atoms with Crippen LogP contribution in [0.1, 0.15) is 0 Å². The number of rotatable bonds is 4. The summed E-state index contributed by atoms with van der Waals surface area (Å²) < 4.78 is 0. The van der Waals surface area contributed by atoms with Gasteiger partial charge in [-0.25, -0.2) is 0 Å². The fraction of sp³-hybridized carbons (Fsp3) is 0. The second kappa shape index (κ2) is 26.1. The normalized spacial score (nSPS) is 6.10. The fourth-order valence-electron chi connectivity index (χ4n) is 0. The first-order chi connectivity index (χ1) is 9.08. The smallest absolute Gasteiger partial charge is 0.545 e. The van der Waals surface area contributed by atoms with Crippen molar-refractivity contribution >= 4 is 23.9 Å². The molecule has 1 radical (unpaired) electrons. The van der Waals surface area contributed by atoms with E-state index in [9.17, 15) is 0 Å². The van der Waals surface area contributed by atoms with Gasteiger partial charge in [0.05, 0.1) is 23.9 Å². The van der Waals surface area contributed by atoms with Crippen LogP contribution in [-0.2, 0) is 39.6 Å². The molecule has 0 aromatic rings. The van der Waals surface area contributed by atoms with E-state index in [0.29, 0.717) is 0 Å². The Bertz CT molecular complexity index is 301. The monoisotopic (exact) mass is 471 g/mol. The molecular formula is C12H12O8Re. The van der Waals surface area contributed by atoms with Crippen molar-refractivity contribution in [3.63, 3.8) is 0 Å². The number of hydrogen-bond acceptors (Lipinski definition) is 8. The van der Waals surface area contributed by atoms with Crippen LogP contribution in [0.5, 0.6) is 0 Å². The summed E-state index contributed by atoms with van der Waals surface area (Å²) in [7, 11) is 0. The van der Waals surface area contributed by atoms with E-state index in [0.717, 1.165) is 24.3 Å². The first kappa shape index (κ1) is 31.1. The third-order valence-corrected chi connectivity index (χ3v) is 0.667. The van der Waals surface area contributed by atoms with Crippen molar-refractivity contribution in [2.45, 2.75) is 0 Å². The van der Waals surface area contributed by atoms with Gasteiger partial charge in [0.2, 0.25) is 0 Å². The number of carbonyl (C=O) groups is 4. The summed E-state index contributed by atoms with van der Waals surface area (Å²) >= 11 is 0. The topological polar surface area (TPSA) is 161 Å². The van der Waals surface area contributed by atoms with E-state index in [1.54, 1.807) is 0 Å². The molecule has 9 heteroatoms. The number of carbonyl (C=O) groups excluding carboxylic acids is 4. The first-order valence-corrected chi connectivity index (χ1v) is 4.42. The minimum atomic E-state index is -1.23. The molecular weight excluding hydrogens is 458 g/mol. The van der Waals surface area contributed by atoms with E-state index in [4.69, 9.17) is 39.6 Å². The zero-order valence-corrected chi connectivity index (χ0v) is 13.5. The molecule has 0 aliphatic carbocycles. The Morgan fingerprint density at radius 3 is 0.571 bits per heavy atom. The van der Waals surface area contributed by atoms with Gasteiger partial charge in [0, 0.05) is 0 Å². The molecule has 0 aliphatic rings. The maximum absolute atomic E-state index is 9.14. The minimum Gasteiger partial charge on any atom is -0.545 e. The maximum atomic E-state index is 9.14. The Balaban J connectivity index is -0.0000000533. The van der Waals surface area contributed by atoms with Crippen molar-refractivity contribution in [1.82, 2.24) is 0 Å². The molecule has 0 fully saturated rings. The van der Waals surface area contributed by atoms with Crippen LogP contribution >= 0.6 is 0 Å². The molecule has 0 saturated heterocycles. The molecule has 0 saturated carbocycles. The van der Waals surface area contributed by atoms with Crippen LogP contribution in [0.4, 0.5) is 0 Å². The van der Waals surface area contributed by atoms with E-state index < -0.39 is 23.9 Å². The fourth-order valence-corrected chi connectivity index (χ4v) is 0. The van der Waals surface area contributed by atoms with Gasteiger partial charge < -0.3 is 39.6 Å². The van der Waals surface area contributed by atoms with Crippen LogP contribution in [-0.4, -0.2) is 23.9 Å². The maximum Gasteiger partial charge on any atom is 4.00 e. The Kier molecular flexibility index (Phi) is 38.7. The average molecular weight is 470 g/mol. The molecule has 0 aromatic carbocycles. The summed E-state index contributed by atoms with van der Waals surface area (Å²) in [5.41, 5.74) is 0. The van der Waals surface area contributed by atoms with Crippen LogP contribution in [0.15, 0.2) is 50.6 Å². The molecule has 8 nitrogen and oxygen atoms in total. The van der Waals surface area contributed by atoms with Crippen molar-refractivity contribution < 1.29 is 60.0 Å². The quantitative estimate of drug-likeness (QED) is 0.373. The second-order valence-electron chi connectivity index (χ2n) is 2.09. The zero-order chi connectivity index (χ0) is 17.1. The summed E-state index contributed by atoms with van der Waals surface area (Å²) in [6, 6.07) is 0. The SMILES string of the molecule is C=CC(=O)[O-].C=CC(=O)[O-].C=CC(=O)[O-].C=CC(=O)[O-].[Re+4]. The second-order valence-corrected chi connectivity index (χ2v) is 2.09. The van der Waals surface area contributed by atoms with E-state index >= 15 is 0 Å². The van der Waals surface area contributed by atoms with Crippen molar-refractivity contribution in [3.8, 4) is 0 Å². The molecule has 0 spiro atoms. The predicted octanol–water partition coefficient (Wildman–Crippen LogP) is -4.31. The third kappa shape index (κ3) is 139. The molecule has 0 aromatic heterocycles. The number of carboxylic acids is 4. The average Bonchev–Trinajstić information content (AvgIpc) is 2.40. The zero-order valence-electron chi connectivity index (χ0n) is 10.8. The number of hydrogen-bond donors (Lipinski definition) is 0. The first-order valence-electron chi connectivity index (χ1n) is 4.42. The van der Waals surface area contributed by atoms with Gasteiger partial charge >= 0.3 is 20.4 Å². The summed E-state index contributed by atoms with van der Waals surface area (Å²) in [6.45, 7) is 11.6. The summed E-state index contributed by atoms with van der Waals surface area (Å²) in [4.78, 5) is 36.6. The van der Waals surface area contributed by atoms with Crippen LogP contribution in [0.2, 0.25) is 0 Å². The summed E-state index contributed by atoms with van der Waals surface area (Å²) in [5, 5.41) is 36.6. The summed E-state index contributed by atoms with van der Waals surface area (Å²) in [6.07, 6.45) is 2.89. The van der Waals surface area contributed by atoms with Gasteiger partial charge in [-0.2, -0.15) is 0 Å². The molecule has 0 heterocycles. The van der Waals surface area contributed by atoms with Crippen molar-refractivity contribution in [2.75, 3.05) is 0 Å². The molecule has 0 aliphatic heterocycles. The van der Waals surface area contributed by atoms with Gasteiger partial charge in [-0.1, -0.05) is 26.3 Å². The van der Waals surface area contributed by atoms with Gasteiger partial charge in [0.15, 0.2) is 0 Å².